The van der Waals surface area contributed by atoms with Gasteiger partial charge < -0.3 is 10.4 Å². The number of phenolic OH excluding ortho intramolecular Hbond substituents is 1. The van der Waals surface area contributed by atoms with E-state index in [0.717, 1.165) is 22.4 Å². The molecule has 0 spiro atoms. The number of pyridine rings is 1. The minimum Gasteiger partial charge on any atom is -0.507 e. The summed E-state index contributed by atoms with van der Waals surface area (Å²) in [6, 6.07) is 22.9. The second kappa shape index (κ2) is 11.7. The van der Waals surface area contributed by atoms with Gasteiger partial charge >= 0.3 is 0 Å². The molecule has 3 aromatic carbocycles. The standard InChI is InChI=1S/C31H26F2N4O2/c32-24-13-11-21(12-14-24)30-27(20-37(36-30)19-23-6-1-3-9-28(23)33)22-15-17-34-25(18-22)7-5-16-35-31(39)26-8-2-4-10-29(26)38/h1-4,6,8-15,17-18,20,38H,5,7,16,19H2,(H,35,39). The van der Waals surface area contributed by atoms with Gasteiger partial charge in [0.2, 0.25) is 0 Å². The first kappa shape index (κ1) is 25.8. The third-order valence-electron chi connectivity index (χ3n) is 6.34. The lowest BCUT2D eigenvalue weighted by Crippen LogP contribution is -2.24. The van der Waals surface area contributed by atoms with Crippen molar-refractivity contribution in [2.45, 2.75) is 19.4 Å². The Morgan fingerprint density at radius 2 is 1.69 bits per heavy atom. The highest BCUT2D eigenvalue weighted by molar-refractivity contribution is 5.96. The van der Waals surface area contributed by atoms with Crippen LogP contribution in [0.2, 0.25) is 0 Å². The van der Waals surface area contributed by atoms with E-state index in [4.69, 9.17) is 5.10 Å². The molecule has 0 radical (unpaired) electrons. The molecule has 0 aliphatic rings. The molecule has 0 atom stereocenters. The summed E-state index contributed by atoms with van der Waals surface area (Å²) < 4.78 is 29.6. The molecule has 6 nitrogen and oxygen atoms in total. The van der Waals surface area contributed by atoms with Crippen LogP contribution in [0.15, 0.2) is 97.3 Å². The lowest BCUT2D eigenvalue weighted by Gasteiger charge is -2.08. The smallest absolute Gasteiger partial charge is 0.255 e. The summed E-state index contributed by atoms with van der Waals surface area (Å²) in [4.78, 5) is 16.8. The molecule has 2 heterocycles. The maximum atomic E-state index is 14.3. The van der Waals surface area contributed by atoms with Crippen molar-refractivity contribution in [1.82, 2.24) is 20.1 Å². The first-order chi connectivity index (χ1) is 19.0. The molecule has 2 aromatic heterocycles. The molecular formula is C31H26F2N4O2. The van der Waals surface area contributed by atoms with Crippen molar-refractivity contribution in [2.24, 2.45) is 0 Å². The largest absolute Gasteiger partial charge is 0.507 e. The predicted molar refractivity (Wildman–Crippen MR) is 145 cm³/mol. The fourth-order valence-electron chi connectivity index (χ4n) is 4.35. The van der Waals surface area contributed by atoms with Gasteiger partial charge in [-0.25, -0.2) is 8.78 Å². The zero-order valence-corrected chi connectivity index (χ0v) is 21.0. The molecule has 0 aliphatic heterocycles. The van der Waals surface area contributed by atoms with E-state index in [1.807, 2.05) is 18.3 Å². The third-order valence-corrected chi connectivity index (χ3v) is 6.34. The number of benzene rings is 3. The molecule has 5 aromatic rings. The van der Waals surface area contributed by atoms with Crippen molar-refractivity contribution < 1.29 is 18.7 Å². The maximum absolute atomic E-state index is 14.3. The minimum absolute atomic E-state index is 0.0584. The van der Waals surface area contributed by atoms with E-state index in [-0.39, 0.29) is 35.4 Å². The number of phenols is 1. The Labute approximate surface area is 224 Å². The van der Waals surface area contributed by atoms with Crippen LogP contribution in [0, 0.1) is 11.6 Å². The third kappa shape index (κ3) is 6.18. The fourth-order valence-corrected chi connectivity index (χ4v) is 4.35. The lowest BCUT2D eigenvalue weighted by molar-refractivity contribution is 0.0950. The van der Waals surface area contributed by atoms with E-state index in [1.54, 1.807) is 59.4 Å². The van der Waals surface area contributed by atoms with Crippen LogP contribution in [0.4, 0.5) is 8.78 Å². The minimum atomic E-state index is -0.341. The molecule has 0 aliphatic carbocycles. The quantitative estimate of drug-likeness (QED) is 0.232. The zero-order chi connectivity index (χ0) is 27.2. The topological polar surface area (TPSA) is 80.0 Å². The van der Waals surface area contributed by atoms with Gasteiger partial charge in [0.1, 0.15) is 23.1 Å². The molecule has 2 N–H and O–H groups in total. The second-order valence-electron chi connectivity index (χ2n) is 9.10. The number of nitrogens with zero attached hydrogens (tertiary/aromatic N) is 3. The molecule has 39 heavy (non-hydrogen) atoms. The number of carbonyl (C=O) groups is 1. The number of aromatic hydroxyl groups is 1. The number of hydrogen-bond acceptors (Lipinski definition) is 4. The molecule has 0 fully saturated rings. The van der Waals surface area contributed by atoms with Crippen LogP contribution in [-0.4, -0.2) is 32.3 Å². The van der Waals surface area contributed by atoms with Crippen LogP contribution < -0.4 is 5.32 Å². The summed E-state index contributed by atoms with van der Waals surface area (Å²) in [5.74, 6) is -1.04. The van der Waals surface area contributed by atoms with Crippen LogP contribution in [0.1, 0.15) is 28.0 Å². The molecule has 0 saturated heterocycles. The molecular weight excluding hydrogens is 498 g/mol. The average Bonchev–Trinajstić information content (AvgIpc) is 3.37. The molecule has 1 amide bonds. The van der Waals surface area contributed by atoms with E-state index in [1.165, 1.54) is 24.3 Å². The SMILES string of the molecule is O=C(NCCCc1cc(-c2cn(Cc3ccccc3F)nc2-c2ccc(F)cc2)ccn1)c1ccccc1O. The van der Waals surface area contributed by atoms with E-state index in [2.05, 4.69) is 10.3 Å². The van der Waals surface area contributed by atoms with Gasteiger partial charge in [0.25, 0.3) is 5.91 Å². The average molecular weight is 525 g/mol. The van der Waals surface area contributed by atoms with Crippen molar-refractivity contribution >= 4 is 5.91 Å². The Kier molecular flexibility index (Phi) is 7.73. The Hall–Kier alpha value is -4.85. The van der Waals surface area contributed by atoms with Crippen molar-refractivity contribution in [3.8, 4) is 28.1 Å². The Morgan fingerprint density at radius 3 is 2.49 bits per heavy atom. The number of hydrogen-bond donors (Lipinski definition) is 2. The van der Waals surface area contributed by atoms with Crippen molar-refractivity contribution in [3.05, 3.63) is 126 Å². The number of aromatic nitrogens is 3. The highest BCUT2D eigenvalue weighted by atomic mass is 19.1. The number of amides is 1. The summed E-state index contributed by atoms with van der Waals surface area (Å²) in [5, 5.41) is 17.4. The molecule has 5 rings (SSSR count). The van der Waals surface area contributed by atoms with Crippen molar-refractivity contribution in [2.75, 3.05) is 6.54 Å². The van der Waals surface area contributed by atoms with Crippen LogP contribution in [-0.2, 0) is 13.0 Å². The van der Waals surface area contributed by atoms with E-state index in [0.29, 0.717) is 30.6 Å². The number of carbonyl (C=O) groups excluding carboxylic acids is 1. The summed E-state index contributed by atoms with van der Waals surface area (Å²) >= 11 is 0. The van der Waals surface area contributed by atoms with Crippen LogP contribution in [0.25, 0.3) is 22.4 Å². The van der Waals surface area contributed by atoms with Gasteiger partial charge in [-0.3, -0.25) is 14.5 Å². The number of nitrogens with one attached hydrogen (secondary N) is 1. The fraction of sp³-hybridized carbons (Fsp3) is 0.129. The number of para-hydroxylation sites is 1. The van der Waals surface area contributed by atoms with Gasteiger partial charge in [-0.05, 0) is 73.0 Å². The second-order valence-corrected chi connectivity index (χ2v) is 9.10. The van der Waals surface area contributed by atoms with Gasteiger partial charge in [0.15, 0.2) is 0 Å². The predicted octanol–water partition coefficient (Wildman–Crippen LogP) is 6.01. The van der Waals surface area contributed by atoms with Gasteiger partial charge in [-0.15, -0.1) is 0 Å². The Bertz CT molecular complexity index is 1600. The van der Waals surface area contributed by atoms with Crippen molar-refractivity contribution in [3.63, 3.8) is 0 Å². The first-order valence-electron chi connectivity index (χ1n) is 12.6. The summed E-state index contributed by atoms with van der Waals surface area (Å²) in [7, 11) is 0. The first-order valence-corrected chi connectivity index (χ1v) is 12.6. The van der Waals surface area contributed by atoms with Gasteiger partial charge in [-0.1, -0.05) is 30.3 Å². The van der Waals surface area contributed by atoms with Crippen LogP contribution in [0.5, 0.6) is 5.75 Å². The zero-order valence-electron chi connectivity index (χ0n) is 21.0. The summed E-state index contributed by atoms with van der Waals surface area (Å²) in [6.45, 7) is 0.663. The molecule has 0 unspecified atom stereocenters. The van der Waals surface area contributed by atoms with E-state index in [9.17, 15) is 18.7 Å². The normalized spacial score (nSPS) is 10.9. The molecule has 0 bridgehead atoms. The van der Waals surface area contributed by atoms with Crippen LogP contribution >= 0.6 is 0 Å². The number of halogens is 2. The van der Waals surface area contributed by atoms with Gasteiger partial charge in [0.05, 0.1) is 12.1 Å². The highest BCUT2D eigenvalue weighted by Gasteiger charge is 2.16. The lowest BCUT2D eigenvalue weighted by atomic mass is 10.0. The molecule has 0 saturated carbocycles. The summed E-state index contributed by atoms with van der Waals surface area (Å²) in [6.07, 6.45) is 4.84. The van der Waals surface area contributed by atoms with Gasteiger partial charge in [0, 0.05) is 41.3 Å². The Morgan fingerprint density at radius 1 is 0.923 bits per heavy atom. The van der Waals surface area contributed by atoms with Crippen molar-refractivity contribution in [1.29, 1.82) is 0 Å². The molecule has 196 valence electrons. The Balaban J connectivity index is 1.34. The summed E-state index contributed by atoms with van der Waals surface area (Å²) in [5.41, 5.74) is 4.65. The van der Waals surface area contributed by atoms with Gasteiger partial charge in [-0.2, -0.15) is 5.10 Å². The number of rotatable bonds is 9. The maximum Gasteiger partial charge on any atom is 0.255 e. The van der Waals surface area contributed by atoms with E-state index < -0.39 is 0 Å². The highest BCUT2D eigenvalue weighted by Crippen LogP contribution is 2.32. The number of aryl methyl sites for hydroxylation is 1. The monoisotopic (exact) mass is 524 g/mol. The molecule has 8 heteroatoms. The van der Waals surface area contributed by atoms with Crippen LogP contribution in [0.3, 0.4) is 0 Å². The van der Waals surface area contributed by atoms with E-state index >= 15 is 0 Å².